The molecule has 0 saturated carbocycles. The van der Waals surface area contributed by atoms with Crippen LogP contribution in [0.1, 0.15) is 44.9 Å². The van der Waals surface area contributed by atoms with Crippen molar-refractivity contribution in [1.82, 2.24) is 0 Å². The Labute approximate surface area is 148 Å². The smallest absolute Gasteiger partial charge is 0.0169 e. The maximum atomic E-state index is 3.03. The minimum atomic E-state index is 1.14. The molecular formula is C24H30. The molecule has 3 aliphatic carbocycles. The second kappa shape index (κ2) is 17.1. The zero-order valence-electron chi connectivity index (χ0n) is 14.7. The van der Waals surface area contributed by atoms with Gasteiger partial charge in [-0.15, -0.1) is 5.73 Å². The monoisotopic (exact) mass is 318 g/mol. The fraction of sp³-hybridized carbons (Fsp3) is 0.292. The van der Waals surface area contributed by atoms with E-state index in [2.05, 4.69) is 66.5 Å². The molecule has 1 aromatic carbocycles. The van der Waals surface area contributed by atoms with Gasteiger partial charge in [-0.25, -0.2) is 0 Å². The van der Waals surface area contributed by atoms with Gasteiger partial charge in [-0.1, -0.05) is 85.0 Å². The molecule has 0 radical (unpaired) electrons. The van der Waals surface area contributed by atoms with E-state index >= 15 is 0 Å². The van der Waals surface area contributed by atoms with Crippen LogP contribution < -0.4 is 0 Å². The first-order valence-electron chi connectivity index (χ1n) is 9.01. The Hall–Kier alpha value is -2.30. The van der Waals surface area contributed by atoms with Crippen molar-refractivity contribution in [3.63, 3.8) is 0 Å². The third-order valence-electron chi connectivity index (χ3n) is 3.36. The average molecular weight is 319 g/mol. The minimum absolute atomic E-state index is 1.14. The molecule has 4 rings (SSSR count). The number of allylic oxidation sites excluding steroid dienone is 9. The predicted molar refractivity (Wildman–Crippen MR) is 108 cm³/mol. The fourth-order valence-electron chi connectivity index (χ4n) is 2.04. The van der Waals surface area contributed by atoms with Gasteiger partial charge in [0.1, 0.15) is 0 Å². The number of rotatable bonds is 0. The lowest BCUT2D eigenvalue weighted by Crippen LogP contribution is -1.70. The van der Waals surface area contributed by atoms with Gasteiger partial charge in [0, 0.05) is 0 Å². The molecule has 3 aliphatic rings. The lowest BCUT2D eigenvalue weighted by molar-refractivity contribution is 0.854. The number of benzene rings is 1. The molecule has 0 aliphatic heterocycles. The largest absolute Gasteiger partial charge is 0.130 e. The second-order valence-corrected chi connectivity index (χ2v) is 5.51. The standard InChI is InChI=1S/3C6H8.C6H6/c4*1-2-4-6-5-3-1/h1,5H,2,4,6H2;1-2,5-6H,3-4H2;1-4H,5-6H2;1-6H. The molecule has 0 spiro atoms. The quantitative estimate of drug-likeness (QED) is 0.346. The van der Waals surface area contributed by atoms with Crippen molar-refractivity contribution < 1.29 is 0 Å². The Kier molecular flexibility index (Phi) is 14.0. The first kappa shape index (κ1) is 19.7. The highest BCUT2D eigenvalue weighted by Crippen LogP contribution is 2.00. The molecule has 0 bridgehead atoms. The zero-order valence-corrected chi connectivity index (χ0v) is 14.7. The van der Waals surface area contributed by atoms with Crippen LogP contribution in [-0.2, 0) is 0 Å². The van der Waals surface area contributed by atoms with E-state index in [0.717, 1.165) is 12.8 Å². The summed E-state index contributed by atoms with van der Waals surface area (Å²) in [5.41, 5.74) is 3.03. The lowest BCUT2D eigenvalue weighted by Gasteiger charge is -1.89. The maximum Gasteiger partial charge on any atom is -0.0169 e. The molecular weight excluding hydrogens is 288 g/mol. The molecule has 0 N–H and O–H groups in total. The zero-order chi connectivity index (χ0) is 17.0. The molecule has 0 amide bonds. The van der Waals surface area contributed by atoms with Crippen LogP contribution in [-0.4, -0.2) is 0 Å². The third-order valence-corrected chi connectivity index (χ3v) is 3.36. The van der Waals surface area contributed by atoms with E-state index in [1.165, 1.54) is 32.1 Å². The Bertz CT molecular complexity index is 482. The first-order valence-corrected chi connectivity index (χ1v) is 9.01. The fourth-order valence-corrected chi connectivity index (χ4v) is 2.04. The van der Waals surface area contributed by atoms with E-state index in [1.54, 1.807) is 0 Å². The van der Waals surface area contributed by atoms with Crippen LogP contribution in [0, 0.1) is 0 Å². The summed E-state index contributed by atoms with van der Waals surface area (Å²) in [5.74, 6) is 0. The molecule has 0 heteroatoms. The number of hydrogen-bond donors (Lipinski definition) is 0. The highest BCUT2D eigenvalue weighted by molar-refractivity contribution is 5.07. The normalized spacial score (nSPS) is 16.0. The third kappa shape index (κ3) is 14.6. The average Bonchev–Trinajstić information content (AvgIpc) is 2.75. The van der Waals surface area contributed by atoms with E-state index in [1.807, 2.05) is 36.4 Å². The minimum Gasteiger partial charge on any atom is -0.130 e. The SMILES string of the molecule is C1=CCC=CC1.C1=CCCC=C1.C1=CCCCC=1.c1ccccc1. The van der Waals surface area contributed by atoms with Gasteiger partial charge in [-0.05, 0) is 57.1 Å². The highest BCUT2D eigenvalue weighted by atomic mass is 13.9. The van der Waals surface area contributed by atoms with Crippen LogP contribution in [0.2, 0.25) is 0 Å². The molecule has 0 fully saturated rings. The number of hydrogen-bond acceptors (Lipinski definition) is 0. The van der Waals surface area contributed by atoms with Gasteiger partial charge >= 0.3 is 0 Å². The van der Waals surface area contributed by atoms with E-state index in [0.29, 0.717) is 0 Å². The molecule has 0 unspecified atom stereocenters. The van der Waals surface area contributed by atoms with E-state index in [-0.39, 0.29) is 0 Å². The molecule has 0 saturated heterocycles. The maximum absolute atomic E-state index is 3.03. The van der Waals surface area contributed by atoms with Gasteiger partial charge in [-0.3, -0.25) is 0 Å². The van der Waals surface area contributed by atoms with Crippen molar-refractivity contribution >= 4 is 0 Å². The van der Waals surface area contributed by atoms with Crippen molar-refractivity contribution in [2.24, 2.45) is 0 Å². The summed E-state index contributed by atoms with van der Waals surface area (Å²) in [4.78, 5) is 0. The first-order chi connectivity index (χ1) is 12.0. The van der Waals surface area contributed by atoms with Crippen molar-refractivity contribution in [3.8, 4) is 0 Å². The van der Waals surface area contributed by atoms with Crippen molar-refractivity contribution in [1.29, 1.82) is 0 Å². The van der Waals surface area contributed by atoms with Crippen molar-refractivity contribution in [3.05, 3.63) is 103 Å². The molecule has 0 nitrogen and oxygen atoms in total. The van der Waals surface area contributed by atoms with E-state index in [9.17, 15) is 0 Å². The van der Waals surface area contributed by atoms with Crippen LogP contribution in [0.5, 0.6) is 0 Å². The Morgan fingerprint density at radius 2 is 0.875 bits per heavy atom. The highest BCUT2D eigenvalue weighted by Gasteiger charge is 1.81. The van der Waals surface area contributed by atoms with Crippen LogP contribution in [0.25, 0.3) is 0 Å². The van der Waals surface area contributed by atoms with Crippen LogP contribution >= 0.6 is 0 Å². The van der Waals surface area contributed by atoms with Crippen LogP contribution in [0.4, 0.5) is 0 Å². The Balaban J connectivity index is 0.000000160. The van der Waals surface area contributed by atoms with Gasteiger partial charge in [0.25, 0.3) is 0 Å². The van der Waals surface area contributed by atoms with Gasteiger partial charge in [0.15, 0.2) is 0 Å². The Morgan fingerprint density at radius 3 is 1.04 bits per heavy atom. The summed E-state index contributed by atoms with van der Waals surface area (Å²) in [6, 6.07) is 12.0. The summed E-state index contributed by atoms with van der Waals surface area (Å²) in [7, 11) is 0. The van der Waals surface area contributed by atoms with Gasteiger partial charge in [-0.2, -0.15) is 0 Å². The molecule has 126 valence electrons. The van der Waals surface area contributed by atoms with Gasteiger partial charge in [0.05, 0.1) is 0 Å². The Morgan fingerprint density at radius 1 is 0.458 bits per heavy atom. The predicted octanol–water partition coefficient (Wildman–Crippen LogP) is 7.35. The van der Waals surface area contributed by atoms with Gasteiger partial charge in [0.2, 0.25) is 0 Å². The van der Waals surface area contributed by atoms with Crippen LogP contribution in [0.15, 0.2) is 103 Å². The van der Waals surface area contributed by atoms with E-state index < -0.39 is 0 Å². The van der Waals surface area contributed by atoms with E-state index in [4.69, 9.17) is 0 Å². The summed E-state index contributed by atoms with van der Waals surface area (Å²) in [6.07, 6.45) is 30.0. The summed E-state index contributed by atoms with van der Waals surface area (Å²) >= 11 is 0. The topological polar surface area (TPSA) is 0 Å². The van der Waals surface area contributed by atoms with Crippen LogP contribution in [0.3, 0.4) is 0 Å². The van der Waals surface area contributed by atoms with Gasteiger partial charge < -0.3 is 0 Å². The molecule has 1 aromatic rings. The summed E-state index contributed by atoms with van der Waals surface area (Å²) < 4.78 is 0. The second-order valence-electron chi connectivity index (χ2n) is 5.51. The summed E-state index contributed by atoms with van der Waals surface area (Å²) in [5, 5.41) is 0. The molecule has 24 heavy (non-hydrogen) atoms. The molecule has 0 heterocycles. The van der Waals surface area contributed by atoms with Crippen molar-refractivity contribution in [2.45, 2.75) is 44.9 Å². The molecule has 0 aromatic heterocycles. The summed E-state index contributed by atoms with van der Waals surface area (Å²) in [6.45, 7) is 0. The lowest BCUT2D eigenvalue weighted by atomic mass is 10.2. The molecule has 0 atom stereocenters. The van der Waals surface area contributed by atoms with Crippen molar-refractivity contribution in [2.75, 3.05) is 0 Å².